The van der Waals surface area contributed by atoms with E-state index in [-0.39, 0.29) is 17.8 Å². The van der Waals surface area contributed by atoms with Crippen LogP contribution >= 0.6 is 0 Å². The molecule has 1 heterocycles. The summed E-state index contributed by atoms with van der Waals surface area (Å²) in [6.45, 7) is 3.33. The Morgan fingerprint density at radius 2 is 1.80 bits per heavy atom. The molecule has 0 atom stereocenters. The van der Waals surface area contributed by atoms with E-state index in [1.54, 1.807) is 13.8 Å². The zero-order valence-corrected chi connectivity index (χ0v) is 15.3. The first kappa shape index (κ1) is 18.1. The maximum absolute atomic E-state index is 14.8. The van der Waals surface area contributed by atoms with Crippen LogP contribution in [0.5, 0.6) is 0 Å². The molecule has 1 aromatic heterocycles. The standard InChI is InChI=1S/C18H24FN3O2S/c1-12(2)25(23,24)22-15-10-8-14(9-11-15)18-16(19)17(20-21-18)13-6-4-3-5-7-13/h3-7,12,14-15,22H,8-11H2,1-2H3,(H,20,21). The van der Waals surface area contributed by atoms with Crippen LogP contribution in [0.4, 0.5) is 4.39 Å². The van der Waals surface area contributed by atoms with Crippen LogP contribution in [0, 0.1) is 5.82 Å². The van der Waals surface area contributed by atoms with Gasteiger partial charge in [-0.3, -0.25) is 5.10 Å². The molecule has 1 aromatic carbocycles. The van der Waals surface area contributed by atoms with Crippen molar-refractivity contribution in [3.63, 3.8) is 0 Å². The van der Waals surface area contributed by atoms with Gasteiger partial charge in [0, 0.05) is 17.5 Å². The second-order valence-corrected chi connectivity index (χ2v) is 9.19. The van der Waals surface area contributed by atoms with Crippen LogP contribution in [0.1, 0.15) is 51.1 Å². The van der Waals surface area contributed by atoms with Gasteiger partial charge in [-0.2, -0.15) is 5.10 Å². The van der Waals surface area contributed by atoms with E-state index in [0.29, 0.717) is 24.2 Å². The number of hydrogen-bond acceptors (Lipinski definition) is 3. The number of halogens is 1. The molecular formula is C18H24FN3O2S. The number of H-pyrrole nitrogens is 1. The molecule has 0 radical (unpaired) electrons. The lowest BCUT2D eigenvalue weighted by Gasteiger charge is -2.28. The van der Waals surface area contributed by atoms with Crippen molar-refractivity contribution in [3.8, 4) is 11.3 Å². The summed E-state index contributed by atoms with van der Waals surface area (Å²) < 4.78 is 41.5. The molecule has 2 aromatic rings. The molecule has 0 amide bonds. The van der Waals surface area contributed by atoms with Crippen molar-refractivity contribution in [2.75, 3.05) is 0 Å². The minimum absolute atomic E-state index is 0.0461. The molecule has 2 N–H and O–H groups in total. The Morgan fingerprint density at radius 1 is 1.16 bits per heavy atom. The number of hydrogen-bond donors (Lipinski definition) is 2. The van der Waals surface area contributed by atoms with Gasteiger partial charge in [0.05, 0.1) is 10.9 Å². The van der Waals surface area contributed by atoms with Crippen molar-refractivity contribution < 1.29 is 12.8 Å². The van der Waals surface area contributed by atoms with Gasteiger partial charge in [0.2, 0.25) is 10.0 Å². The minimum atomic E-state index is -3.26. The number of sulfonamides is 1. The number of aromatic nitrogens is 2. The highest BCUT2D eigenvalue weighted by molar-refractivity contribution is 7.90. The summed E-state index contributed by atoms with van der Waals surface area (Å²) in [5.74, 6) is -0.248. The quantitative estimate of drug-likeness (QED) is 0.850. The Balaban J connectivity index is 1.67. The zero-order chi connectivity index (χ0) is 18.0. The van der Waals surface area contributed by atoms with Crippen molar-refractivity contribution >= 4 is 10.0 Å². The number of nitrogens with one attached hydrogen (secondary N) is 2. The Morgan fingerprint density at radius 3 is 2.40 bits per heavy atom. The summed E-state index contributed by atoms with van der Waals surface area (Å²) in [6, 6.07) is 9.20. The number of nitrogens with zero attached hydrogens (tertiary/aromatic N) is 1. The monoisotopic (exact) mass is 365 g/mol. The van der Waals surface area contributed by atoms with E-state index in [0.717, 1.165) is 18.4 Å². The predicted molar refractivity (Wildman–Crippen MR) is 96.2 cm³/mol. The summed E-state index contributed by atoms with van der Waals surface area (Å²) in [5, 5.41) is 6.57. The first-order valence-electron chi connectivity index (χ1n) is 8.69. The summed E-state index contributed by atoms with van der Waals surface area (Å²) >= 11 is 0. The van der Waals surface area contributed by atoms with Gasteiger partial charge in [-0.25, -0.2) is 17.5 Å². The van der Waals surface area contributed by atoms with Gasteiger partial charge in [-0.15, -0.1) is 0 Å². The fourth-order valence-corrected chi connectivity index (χ4v) is 4.24. The smallest absolute Gasteiger partial charge is 0.214 e. The molecule has 1 aliphatic rings. The van der Waals surface area contributed by atoms with Crippen LogP contribution in [-0.4, -0.2) is 29.9 Å². The highest BCUT2D eigenvalue weighted by Crippen LogP contribution is 2.35. The normalized spacial score (nSPS) is 21.6. The number of rotatable bonds is 5. The highest BCUT2D eigenvalue weighted by atomic mass is 32.2. The molecule has 0 unspecified atom stereocenters. The fourth-order valence-electron chi connectivity index (χ4n) is 3.27. The average Bonchev–Trinajstić information content (AvgIpc) is 2.97. The highest BCUT2D eigenvalue weighted by Gasteiger charge is 2.30. The van der Waals surface area contributed by atoms with Crippen molar-refractivity contribution in [2.24, 2.45) is 0 Å². The van der Waals surface area contributed by atoms with Crippen molar-refractivity contribution in [2.45, 2.75) is 56.7 Å². The maximum Gasteiger partial charge on any atom is 0.214 e. The molecule has 25 heavy (non-hydrogen) atoms. The lowest BCUT2D eigenvalue weighted by molar-refractivity contribution is 0.362. The lowest BCUT2D eigenvalue weighted by Crippen LogP contribution is -2.40. The number of aromatic amines is 1. The first-order chi connectivity index (χ1) is 11.9. The Labute approximate surface area is 148 Å². The van der Waals surface area contributed by atoms with E-state index in [4.69, 9.17) is 0 Å². The molecule has 136 valence electrons. The van der Waals surface area contributed by atoms with Crippen LogP contribution in [0.25, 0.3) is 11.3 Å². The first-order valence-corrected chi connectivity index (χ1v) is 10.2. The third kappa shape index (κ3) is 3.93. The van der Waals surface area contributed by atoms with Gasteiger partial charge in [-0.05, 0) is 39.5 Å². The second-order valence-electron chi connectivity index (χ2n) is 6.93. The third-order valence-corrected chi connectivity index (χ3v) is 6.77. The van der Waals surface area contributed by atoms with E-state index >= 15 is 0 Å². The molecule has 0 bridgehead atoms. The van der Waals surface area contributed by atoms with Crippen LogP contribution < -0.4 is 4.72 Å². The predicted octanol–water partition coefficient (Wildman–Crippen LogP) is 3.57. The van der Waals surface area contributed by atoms with Crippen LogP contribution in [0.3, 0.4) is 0 Å². The van der Waals surface area contributed by atoms with Gasteiger partial charge in [-0.1, -0.05) is 30.3 Å². The molecule has 5 nitrogen and oxygen atoms in total. The molecule has 1 aliphatic carbocycles. The van der Waals surface area contributed by atoms with E-state index < -0.39 is 15.3 Å². The van der Waals surface area contributed by atoms with Gasteiger partial charge in [0.25, 0.3) is 0 Å². The summed E-state index contributed by atoms with van der Waals surface area (Å²) in [5.41, 5.74) is 1.63. The molecule has 1 saturated carbocycles. The third-order valence-electron chi connectivity index (χ3n) is 4.87. The van der Waals surface area contributed by atoms with E-state index in [2.05, 4.69) is 14.9 Å². The lowest BCUT2D eigenvalue weighted by atomic mass is 9.84. The van der Waals surface area contributed by atoms with E-state index in [1.165, 1.54) is 0 Å². The van der Waals surface area contributed by atoms with Crippen molar-refractivity contribution in [3.05, 3.63) is 41.8 Å². The molecular weight excluding hydrogens is 341 g/mol. The average molecular weight is 365 g/mol. The molecule has 7 heteroatoms. The van der Waals surface area contributed by atoms with Crippen molar-refractivity contribution in [1.29, 1.82) is 0 Å². The fraction of sp³-hybridized carbons (Fsp3) is 0.500. The Bertz CT molecular complexity index is 810. The minimum Gasteiger partial charge on any atom is -0.279 e. The molecule has 0 saturated heterocycles. The second kappa shape index (κ2) is 7.25. The van der Waals surface area contributed by atoms with Crippen LogP contribution in [0.15, 0.2) is 30.3 Å². The SMILES string of the molecule is CC(C)S(=O)(=O)NC1CCC(c2[nH]nc(-c3ccccc3)c2F)CC1. The topological polar surface area (TPSA) is 74.8 Å². The molecule has 1 fully saturated rings. The maximum atomic E-state index is 14.8. The van der Waals surface area contributed by atoms with Crippen LogP contribution in [0.2, 0.25) is 0 Å². The van der Waals surface area contributed by atoms with Gasteiger partial charge >= 0.3 is 0 Å². The van der Waals surface area contributed by atoms with E-state index in [1.807, 2.05) is 30.3 Å². The number of benzene rings is 1. The Kier molecular flexibility index (Phi) is 5.24. The summed E-state index contributed by atoms with van der Waals surface area (Å²) in [7, 11) is -3.26. The molecule has 3 rings (SSSR count). The molecule has 0 spiro atoms. The van der Waals surface area contributed by atoms with Crippen LogP contribution in [-0.2, 0) is 10.0 Å². The van der Waals surface area contributed by atoms with Gasteiger partial charge < -0.3 is 0 Å². The molecule has 0 aliphatic heterocycles. The summed E-state index contributed by atoms with van der Waals surface area (Å²) in [6.07, 6.45) is 2.88. The van der Waals surface area contributed by atoms with Crippen molar-refractivity contribution in [1.82, 2.24) is 14.9 Å². The zero-order valence-electron chi connectivity index (χ0n) is 14.5. The van der Waals surface area contributed by atoms with Gasteiger partial charge in [0.1, 0.15) is 5.69 Å². The van der Waals surface area contributed by atoms with E-state index in [9.17, 15) is 12.8 Å². The van der Waals surface area contributed by atoms with Gasteiger partial charge in [0.15, 0.2) is 5.82 Å². The largest absolute Gasteiger partial charge is 0.279 e. The Hall–Kier alpha value is -1.73. The summed E-state index contributed by atoms with van der Waals surface area (Å²) in [4.78, 5) is 0.